The predicted molar refractivity (Wildman–Crippen MR) is 71.5 cm³/mol. The van der Waals surface area contributed by atoms with E-state index < -0.39 is 17.3 Å². The van der Waals surface area contributed by atoms with Crippen molar-refractivity contribution in [2.24, 2.45) is 0 Å². The molecule has 0 aromatic heterocycles. The minimum Gasteiger partial charge on any atom is -0.389 e. The van der Waals surface area contributed by atoms with Crippen LogP contribution >= 0.6 is 0 Å². The Hall–Kier alpha value is -1.07. The lowest BCUT2D eigenvalue weighted by Crippen LogP contribution is -2.46. The lowest BCUT2D eigenvalue weighted by atomic mass is 9.82. The Kier molecular flexibility index (Phi) is 4.39. The first kappa shape index (κ1) is 15.3. The van der Waals surface area contributed by atoms with E-state index in [1.165, 1.54) is 12.1 Å². The van der Waals surface area contributed by atoms with Gasteiger partial charge in [-0.2, -0.15) is 13.2 Å². The van der Waals surface area contributed by atoms with Crippen molar-refractivity contribution in [1.82, 2.24) is 5.32 Å². The van der Waals surface area contributed by atoms with Crippen LogP contribution in [-0.4, -0.2) is 23.8 Å². The second-order valence-electron chi connectivity index (χ2n) is 5.73. The van der Waals surface area contributed by atoms with Crippen molar-refractivity contribution in [3.63, 3.8) is 0 Å². The normalized spacial score (nSPS) is 25.4. The maximum absolute atomic E-state index is 12.5. The van der Waals surface area contributed by atoms with Gasteiger partial charge >= 0.3 is 6.18 Å². The van der Waals surface area contributed by atoms with Gasteiger partial charge in [-0.1, -0.05) is 19.1 Å². The van der Waals surface area contributed by atoms with E-state index in [0.29, 0.717) is 13.0 Å². The number of hydrogen-bond acceptors (Lipinski definition) is 2. The van der Waals surface area contributed by atoms with Gasteiger partial charge in [-0.3, -0.25) is 0 Å². The number of rotatable bonds is 3. The molecular formula is C15H20F3NO. The standard InChI is InChI=1S/C15H20F3NO/c1-11(9-14(20)7-2-8-19-10-14)12-3-5-13(6-4-12)15(16,17)18/h3-6,11,19-20H,2,7-10H2,1H3. The average molecular weight is 287 g/mol. The van der Waals surface area contributed by atoms with Crippen molar-refractivity contribution < 1.29 is 18.3 Å². The van der Waals surface area contributed by atoms with Crippen molar-refractivity contribution in [3.8, 4) is 0 Å². The zero-order valence-corrected chi connectivity index (χ0v) is 11.5. The molecule has 2 atom stereocenters. The first-order valence-corrected chi connectivity index (χ1v) is 6.90. The number of piperidine rings is 1. The topological polar surface area (TPSA) is 32.3 Å². The minimum atomic E-state index is -4.30. The third kappa shape index (κ3) is 3.73. The van der Waals surface area contributed by atoms with Gasteiger partial charge in [-0.05, 0) is 49.4 Å². The molecule has 1 aliphatic rings. The molecule has 2 rings (SSSR count). The summed E-state index contributed by atoms with van der Waals surface area (Å²) in [6, 6.07) is 5.23. The minimum absolute atomic E-state index is 0.0298. The molecule has 0 bridgehead atoms. The maximum Gasteiger partial charge on any atom is 0.416 e. The second kappa shape index (κ2) is 5.74. The smallest absolute Gasteiger partial charge is 0.389 e. The maximum atomic E-state index is 12.5. The van der Waals surface area contributed by atoms with E-state index in [1.54, 1.807) is 0 Å². The summed E-state index contributed by atoms with van der Waals surface area (Å²) >= 11 is 0. The van der Waals surface area contributed by atoms with E-state index in [0.717, 1.165) is 37.1 Å². The van der Waals surface area contributed by atoms with Crippen LogP contribution < -0.4 is 5.32 Å². The van der Waals surface area contributed by atoms with Gasteiger partial charge in [0.2, 0.25) is 0 Å². The molecule has 2 nitrogen and oxygen atoms in total. The summed E-state index contributed by atoms with van der Waals surface area (Å²) in [5, 5.41) is 13.6. The molecule has 112 valence electrons. The van der Waals surface area contributed by atoms with Crippen LogP contribution in [0.3, 0.4) is 0 Å². The number of nitrogens with one attached hydrogen (secondary N) is 1. The lowest BCUT2D eigenvalue weighted by Gasteiger charge is -2.35. The predicted octanol–water partition coefficient (Wildman–Crippen LogP) is 3.31. The lowest BCUT2D eigenvalue weighted by molar-refractivity contribution is -0.137. The molecule has 2 N–H and O–H groups in total. The summed E-state index contributed by atoms with van der Waals surface area (Å²) in [6.07, 6.45) is -2.07. The van der Waals surface area contributed by atoms with Crippen molar-refractivity contribution in [1.29, 1.82) is 0 Å². The van der Waals surface area contributed by atoms with Gasteiger partial charge in [0.1, 0.15) is 0 Å². The summed E-state index contributed by atoms with van der Waals surface area (Å²) in [6.45, 7) is 3.41. The van der Waals surface area contributed by atoms with E-state index in [4.69, 9.17) is 0 Å². The van der Waals surface area contributed by atoms with Crippen LogP contribution in [0, 0.1) is 0 Å². The molecule has 0 amide bonds. The zero-order valence-electron chi connectivity index (χ0n) is 11.5. The molecule has 2 unspecified atom stereocenters. The molecular weight excluding hydrogens is 267 g/mol. The number of hydrogen-bond donors (Lipinski definition) is 2. The van der Waals surface area contributed by atoms with Gasteiger partial charge < -0.3 is 10.4 Å². The number of halogens is 3. The van der Waals surface area contributed by atoms with Crippen LogP contribution in [0.5, 0.6) is 0 Å². The first-order chi connectivity index (χ1) is 9.30. The molecule has 1 heterocycles. The summed E-state index contributed by atoms with van der Waals surface area (Å²) < 4.78 is 37.5. The van der Waals surface area contributed by atoms with Gasteiger partial charge in [0.15, 0.2) is 0 Å². The quantitative estimate of drug-likeness (QED) is 0.894. The fourth-order valence-corrected chi connectivity index (χ4v) is 2.81. The number of β-amino-alcohol motifs (C(OH)–C–C–N with tert-alkyl or cyclic N) is 1. The van der Waals surface area contributed by atoms with Gasteiger partial charge in [0.25, 0.3) is 0 Å². The van der Waals surface area contributed by atoms with E-state index in [9.17, 15) is 18.3 Å². The van der Waals surface area contributed by atoms with Gasteiger partial charge in [-0.25, -0.2) is 0 Å². The van der Waals surface area contributed by atoms with Crippen LogP contribution in [0.1, 0.15) is 43.2 Å². The summed E-state index contributed by atoms with van der Waals surface area (Å²) in [5.74, 6) is 0.0298. The van der Waals surface area contributed by atoms with Crippen LogP contribution in [0.2, 0.25) is 0 Å². The highest BCUT2D eigenvalue weighted by molar-refractivity contribution is 5.27. The van der Waals surface area contributed by atoms with Gasteiger partial charge in [0, 0.05) is 6.54 Å². The number of benzene rings is 1. The van der Waals surface area contributed by atoms with Crippen molar-refractivity contribution in [2.75, 3.05) is 13.1 Å². The molecule has 0 spiro atoms. The summed E-state index contributed by atoms with van der Waals surface area (Å²) in [7, 11) is 0. The fraction of sp³-hybridized carbons (Fsp3) is 0.600. The molecule has 20 heavy (non-hydrogen) atoms. The Morgan fingerprint density at radius 2 is 1.95 bits per heavy atom. The largest absolute Gasteiger partial charge is 0.416 e. The third-order valence-corrected chi connectivity index (χ3v) is 3.94. The average Bonchev–Trinajstić information content (AvgIpc) is 2.38. The molecule has 1 aromatic rings. The van der Waals surface area contributed by atoms with Crippen LogP contribution in [0.25, 0.3) is 0 Å². The Labute approximate surface area is 117 Å². The zero-order chi connectivity index (χ0) is 14.8. The second-order valence-corrected chi connectivity index (χ2v) is 5.73. The monoisotopic (exact) mass is 287 g/mol. The number of alkyl halides is 3. The van der Waals surface area contributed by atoms with Gasteiger partial charge in [-0.15, -0.1) is 0 Å². The molecule has 0 aliphatic carbocycles. The van der Waals surface area contributed by atoms with Crippen LogP contribution in [0.15, 0.2) is 24.3 Å². The van der Waals surface area contributed by atoms with E-state index in [2.05, 4.69) is 5.32 Å². The van der Waals surface area contributed by atoms with Crippen LogP contribution in [-0.2, 0) is 6.18 Å². The molecule has 1 fully saturated rings. The van der Waals surface area contributed by atoms with Crippen LogP contribution in [0.4, 0.5) is 13.2 Å². The highest BCUT2D eigenvalue weighted by Crippen LogP contribution is 2.33. The molecule has 5 heteroatoms. The summed E-state index contributed by atoms with van der Waals surface area (Å²) in [5.41, 5.74) is -0.552. The van der Waals surface area contributed by atoms with E-state index in [1.807, 2.05) is 6.92 Å². The number of aliphatic hydroxyl groups is 1. The van der Waals surface area contributed by atoms with Crippen molar-refractivity contribution in [3.05, 3.63) is 35.4 Å². The Bertz CT molecular complexity index is 435. The Morgan fingerprint density at radius 3 is 2.45 bits per heavy atom. The molecule has 1 saturated heterocycles. The highest BCUT2D eigenvalue weighted by atomic mass is 19.4. The van der Waals surface area contributed by atoms with Gasteiger partial charge in [0.05, 0.1) is 11.2 Å². The fourth-order valence-electron chi connectivity index (χ4n) is 2.81. The van der Waals surface area contributed by atoms with Crippen molar-refractivity contribution in [2.45, 2.75) is 43.9 Å². The van der Waals surface area contributed by atoms with E-state index in [-0.39, 0.29) is 5.92 Å². The van der Waals surface area contributed by atoms with Crippen molar-refractivity contribution >= 4 is 0 Å². The highest BCUT2D eigenvalue weighted by Gasteiger charge is 2.32. The SMILES string of the molecule is CC(CC1(O)CCCNC1)c1ccc(C(F)(F)F)cc1. The Morgan fingerprint density at radius 1 is 1.30 bits per heavy atom. The first-order valence-electron chi connectivity index (χ1n) is 6.90. The molecule has 1 aromatic carbocycles. The third-order valence-electron chi connectivity index (χ3n) is 3.94. The molecule has 1 aliphatic heterocycles. The molecule has 0 saturated carbocycles. The summed E-state index contributed by atoms with van der Waals surface area (Å²) in [4.78, 5) is 0. The Balaban J connectivity index is 2.04. The molecule has 0 radical (unpaired) electrons. The van der Waals surface area contributed by atoms with E-state index >= 15 is 0 Å².